The van der Waals surface area contributed by atoms with Crippen molar-refractivity contribution in [1.29, 1.82) is 0 Å². The number of benzene rings is 2. The van der Waals surface area contributed by atoms with Gasteiger partial charge in [0.25, 0.3) is 0 Å². The van der Waals surface area contributed by atoms with Gasteiger partial charge in [-0.05, 0) is 69.5 Å². The third-order valence-corrected chi connectivity index (χ3v) is 9.20. The monoisotopic (exact) mass is 602 g/mol. The molecule has 0 aliphatic heterocycles. The minimum atomic E-state index is -4.94. The molecule has 0 fully saturated rings. The Kier molecular flexibility index (Phi) is 10.0. The van der Waals surface area contributed by atoms with Gasteiger partial charge < -0.3 is 4.74 Å². The third-order valence-electron chi connectivity index (χ3n) is 6.19. The summed E-state index contributed by atoms with van der Waals surface area (Å²) in [5, 5.41) is 0.682. The highest BCUT2D eigenvalue weighted by Crippen LogP contribution is 2.41. The maximum atomic E-state index is 14.2. The van der Waals surface area contributed by atoms with Gasteiger partial charge in [-0.3, -0.25) is 4.79 Å². The summed E-state index contributed by atoms with van der Waals surface area (Å²) < 4.78 is 89.3. The molecule has 1 heterocycles. The molecule has 0 spiro atoms. The van der Waals surface area contributed by atoms with Crippen LogP contribution in [0.4, 0.5) is 17.6 Å². The van der Waals surface area contributed by atoms with Gasteiger partial charge in [-0.25, -0.2) is 17.8 Å². The summed E-state index contributed by atoms with van der Waals surface area (Å²) in [6, 6.07) is 5.15. The fraction of sp³-hybridized carbons (Fsp3) is 0.500. The first kappa shape index (κ1) is 32.0. The van der Waals surface area contributed by atoms with Crippen molar-refractivity contribution < 1.29 is 35.5 Å². The standard InChI is InChI=1S/C28H34F4N2O4S2/c1-6-8-19(26(35)38-27(3,4)5)11-16-24-33-22-15-14-21(17-23(22)39-24)40(36,37)34(7-2)25(28(30,31)32)18-9-12-20(29)13-10-18/h9-10,12-15,17,19,25H,6-8,11,16H2,1-5H3/t19?,25-/m1/s1. The summed E-state index contributed by atoms with van der Waals surface area (Å²) in [5.41, 5.74) is -0.473. The first-order valence-electron chi connectivity index (χ1n) is 13.0. The number of aromatic nitrogens is 1. The third kappa shape index (κ3) is 7.79. The molecule has 0 aliphatic carbocycles. The topological polar surface area (TPSA) is 76.6 Å². The molecular weight excluding hydrogens is 568 g/mol. The average molecular weight is 603 g/mol. The Labute approximate surface area is 236 Å². The number of aryl methyl sites for hydroxylation is 1. The molecule has 6 nitrogen and oxygen atoms in total. The van der Waals surface area contributed by atoms with Crippen LogP contribution in [0.25, 0.3) is 10.2 Å². The van der Waals surface area contributed by atoms with E-state index in [1.807, 2.05) is 27.7 Å². The summed E-state index contributed by atoms with van der Waals surface area (Å²) in [5.74, 6) is -1.31. The molecule has 0 amide bonds. The van der Waals surface area contributed by atoms with Crippen LogP contribution in [0.1, 0.15) is 70.5 Å². The highest BCUT2D eigenvalue weighted by atomic mass is 32.2. The first-order valence-corrected chi connectivity index (χ1v) is 15.3. The number of sulfonamides is 1. The largest absolute Gasteiger partial charge is 0.460 e. The van der Waals surface area contributed by atoms with E-state index in [4.69, 9.17) is 4.74 Å². The van der Waals surface area contributed by atoms with Gasteiger partial charge in [0.1, 0.15) is 17.5 Å². The second-order valence-corrected chi connectivity index (χ2v) is 13.5. The van der Waals surface area contributed by atoms with Gasteiger partial charge in [-0.1, -0.05) is 32.4 Å². The second-order valence-electron chi connectivity index (χ2n) is 10.5. The zero-order valence-corrected chi connectivity index (χ0v) is 24.7. The Morgan fingerprint density at radius 2 is 1.70 bits per heavy atom. The quantitative estimate of drug-likeness (QED) is 0.168. The second kappa shape index (κ2) is 12.5. The van der Waals surface area contributed by atoms with Crippen molar-refractivity contribution >= 4 is 37.5 Å². The number of nitrogens with zero attached hydrogens (tertiary/aromatic N) is 2. The highest BCUT2D eigenvalue weighted by Gasteiger charge is 2.48. The zero-order chi connectivity index (χ0) is 29.9. The lowest BCUT2D eigenvalue weighted by atomic mass is 9.98. The molecule has 0 radical (unpaired) electrons. The molecule has 220 valence electrons. The van der Waals surface area contributed by atoms with Crippen molar-refractivity contribution in [2.75, 3.05) is 6.54 Å². The Bertz CT molecular complexity index is 1410. The van der Waals surface area contributed by atoms with E-state index < -0.39 is 40.2 Å². The molecule has 40 heavy (non-hydrogen) atoms. The van der Waals surface area contributed by atoms with E-state index in [0.717, 1.165) is 30.7 Å². The first-order chi connectivity index (χ1) is 18.6. The molecule has 3 aromatic rings. The summed E-state index contributed by atoms with van der Waals surface area (Å²) in [6.07, 6.45) is -2.51. The minimum Gasteiger partial charge on any atom is -0.460 e. The van der Waals surface area contributed by atoms with Crippen LogP contribution >= 0.6 is 11.3 Å². The Balaban J connectivity index is 1.89. The van der Waals surface area contributed by atoms with E-state index in [-0.39, 0.29) is 22.3 Å². The van der Waals surface area contributed by atoms with Crippen LogP contribution in [0.2, 0.25) is 0 Å². The van der Waals surface area contributed by atoms with Crippen LogP contribution in [-0.4, -0.2) is 42.0 Å². The number of fused-ring (bicyclic) bond motifs is 1. The number of thiazole rings is 1. The molecule has 2 aromatic carbocycles. The molecule has 0 N–H and O–H groups in total. The molecule has 3 rings (SSSR count). The van der Waals surface area contributed by atoms with Crippen LogP contribution in [0.5, 0.6) is 0 Å². The van der Waals surface area contributed by atoms with Crippen molar-refractivity contribution in [3.8, 4) is 0 Å². The van der Waals surface area contributed by atoms with E-state index in [1.165, 1.54) is 36.5 Å². The van der Waals surface area contributed by atoms with Crippen molar-refractivity contribution in [1.82, 2.24) is 9.29 Å². The maximum absolute atomic E-state index is 14.2. The number of rotatable bonds is 11. The fourth-order valence-corrected chi connectivity index (χ4v) is 7.15. The Morgan fingerprint density at radius 1 is 1.05 bits per heavy atom. The van der Waals surface area contributed by atoms with E-state index in [9.17, 15) is 30.8 Å². The van der Waals surface area contributed by atoms with Crippen molar-refractivity contribution in [2.45, 2.75) is 83.0 Å². The molecule has 0 bridgehead atoms. The molecule has 2 atom stereocenters. The van der Waals surface area contributed by atoms with Gasteiger partial charge in [0.05, 0.1) is 26.0 Å². The summed E-state index contributed by atoms with van der Waals surface area (Å²) in [7, 11) is -4.60. The van der Waals surface area contributed by atoms with E-state index in [1.54, 1.807) is 0 Å². The van der Waals surface area contributed by atoms with Crippen LogP contribution in [-0.2, 0) is 26.0 Å². The predicted molar refractivity (Wildman–Crippen MR) is 147 cm³/mol. The van der Waals surface area contributed by atoms with Crippen molar-refractivity contribution in [3.63, 3.8) is 0 Å². The van der Waals surface area contributed by atoms with Crippen LogP contribution in [0.3, 0.4) is 0 Å². The molecule has 1 unspecified atom stereocenters. The summed E-state index contributed by atoms with van der Waals surface area (Å²) in [6.45, 7) is 8.27. The number of halogens is 4. The molecule has 0 saturated carbocycles. The smallest absolute Gasteiger partial charge is 0.409 e. The molecule has 1 aromatic heterocycles. The van der Waals surface area contributed by atoms with Crippen molar-refractivity contribution in [3.05, 3.63) is 58.9 Å². The minimum absolute atomic E-state index is 0.274. The lowest BCUT2D eigenvalue weighted by molar-refractivity contribution is -0.173. The zero-order valence-electron chi connectivity index (χ0n) is 23.1. The van der Waals surface area contributed by atoms with Gasteiger partial charge in [0, 0.05) is 13.0 Å². The highest BCUT2D eigenvalue weighted by molar-refractivity contribution is 7.89. The normalized spacial score (nSPS) is 14.4. The van der Waals surface area contributed by atoms with Crippen LogP contribution < -0.4 is 0 Å². The molecule has 0 aliphatic rings. The number of hydrogen-bond acceptors (Lipinski definition) is 6. The van der Waals surface area contributed by atoms with E-state index in [2.05, 4.69) is 4.98 Å². The van der Waals surface area contributed by atoms with Crippen LogP contribution in [0, 0.1) is 11.7 Å². The summed E-state index contributed by atoms with van der Waals surface area (Å²) >= 11 is 1.23. The van der Waals surface area contributed by atoms with E-state index in [0.29, 0.717) is 38.8 Å². The number of esters is 1. The predicted octanol–water partition coefficient (Wildman–Crippen LogP) is 7.44. The van der Waals surface area contributed by atoms with Crippen molar-refractivity contribution in [2.24, 2.45) is 5.92 Å². The lowest BCUT2D eigenvalue weighted by Crippen LogP contribution is -2.42. The molecular formula is C28H34F4N2O4S2. The maximum Gasteiger partial charge on any atom is 0.409 e. The lowest BCUT2D eigenvalue weighted by Gasteiger charge is -2.31. The number of hydrogen-bond donors (Lipinski definition) is 0. The van der Waals surface area contributed by atoms with Gasteiger partial charge in [0.15, 0.2) is 0 Å². The van der Waals surface area contributed by atoms with Gasteiger partial charge in [-0.15, -0.1) is 11.3 Å². The molecule has 0 saturated heterocycles. The van der Waals surface area contributed by atoms with Crippen LogP contribution in [0.15, 0.2) is 47.4 Å². The number of ether oxygens (including phenoxy) is 1. The SMILES string of the molecule is CCCC(CCc1nc2ccc(S(=O)(=O)N(CC)[C@H](c3ccc(F)cc3)C(F)(F)F)cc2s1)C(=O)OC(C)(C)C. The average Bonchev–Trinajstić information content (AvgIpc) is 3.26. The number of carbonyl (C=O) groups excluding carboxylic acids is 1. The molecule has 12 heteroatoms. The Hall–Kier alpha value is -2.57. The van der Waals surface area contributed by atoms with Gasteiger partial charge in [-0.2, -0.15) is 17.5 Å². The van der Waals surface area contributed by atoms with E-state index >= 15 is 0 Å². The van der Waals surface area contributed by atoms with Gasteiger partial charge in [0.2, 0.25) is 10.0 Å². The summed E-state index contributed by atoms with van der Waals surface area (Å²) in [4.78, 5) is 16.9. The number of alkyl halides is 3. The van der Waals surface area contributed by atoms with Gasteiger partial charge >= 0.3 is 12.1 Å². The number of carbonyl (C=O) groups is 1. The Morgan fingerprint density at radius 3 is 2.25 bits per heavy atom. The fourth-order valence-electron chi connectivity index (χ4n) is 4.42.